The van der Waals surface area contributed by atoms with Crippen molar-refractivity contribution in [2.45, 2.75) is 46.2 Å². The number of hydrogen-bond acceptors (Lipinski definition) is 3. The predicted molar refractivity (Wildman–Crippen MR) is 68.1 cm³/mol. The lowest BCUT2D eigenvalue weighted by Crippen LogP contribution is -2.44. The van der Waals surface area contributed by atoms with Gasteiger partial charge < -0.3 is 0 Å². The summed E-state index contributed by atoms with van der Waals surface area (Å²) in [5, 5.41) is 0. The molecule has 0 aromatic carbocycles. The van der Waals surface area contributed by atoms with Gasteiger partial charge in [0.05, 0.1) is 5.69 Å². The molecule has 0 saturated carbocycles. The molecule has 1 aromatic rings. The molecule has 0 fully saturated rings. The third-order valence-electron chi connectivity index (χ3n) is 3.41. The van der Waals surface area contributed by atoms with Crippen LogP contribution in [0.1, 0.15) is 49.3 Å². The summed E-state index contributed by atoms with van der Waals surface area (Å²) in [6.07, 6.45) is 2.69. The predicted octanol–water partition coefficient (Wildman–Crippen LogP) is 2.44. The molecule has 0 unspecified atom stereocenters. The van der Waals surface area contributed by atoms with E-state index in [0.29, 0.717) is 0 Å². The van der Waals surface area contributed by atoms with Gasteiger partial charge in [-0.3, -0.25) is 14.7 Å². The van der Waals surface area contributed by atoms with Crippen molar-refractivity contribution in [1.82, 2.24) is 9.88 Å². The number of nitrogens with zero attached hydrogens (tertiary/aromatic N) is 2. The lowest BCUT2D eigenvalue weighted by atomic mass is 9.97. The molecule has 3 nitrogen and oxygen atoms in total. The van der Waals surface area contributed by atoms with Crippen molar-refractivity contribution in [2.24, 2.45) is 0 Å². The topological polar surface area (TPSA) is 33.2 Å². The van der Waals surface area contributed by atoms with Gasteiger partial charge in [-0.25, -0.2) is 0 Å². The molecule has 1 aliphatic rings. The molecule has 0 spiro atoms. The second-order valence-electron chi connectivity index (χ2n) is 5.73. The normalized spacial score (nSPS) is 16.7. The number of hydrogen-bond donors (Lipinski definition) is 0. The Balaban J connectivity index is 2.26. The van der Waals surface area contributed by atoms with Crippen LogP contribution in [-0.4, -0.2) is 27.8 Å². The molecule has 0 saturated heterocycles. The second-order valence-corrected chi connectivity index (χ2v) is 5.73. The number of rotatable bonds is 1. The molecule has 0 aliphatic carbocycles. The summed E-state index contributed by atoms with van der Waals surface area (Å²) in [4.78, 5) is 18.2. The van der Waals surface area contributed by atoms with Crippen molar-refractivity contribution in [3.8, 4) is 0 Å². The fourth-order valence-electron chi connectivity index (χ4n) is 2.18. The van der Waals surface area contributed by atoms with E-state index in [-0.39, 0.29) is 11.3 Å². The first kappa shape index (κ1) is 12.2. The van der Waals surface area contributed by atoms with Crippen LogP contribution < -0.4 is 0 Å². The summed E-state index contributed by atoms with van der Waals surface area (Å²) in [5.41, 5.74) is 3.26. The van der Waals surface area contributed by atoms with E-state index in [0.717, 1.165) is 30.8 Å². The molecule has 1 aliphatic heterocycles. The highest BCUT2D eigenvalue weighted by Crippen LogP contribution is 2.24. The first-order valence-corrected chi connectivity index (χ1v) is 6.12. The molecule has 3 heteroatoms. The Bertz CT molecular complexity index is 446. The van der Waals surface area contributed by atoms with E-state index in [4.69, 9.17) is 0 Å². The summed E-state index contributed by atoms with van der Waals surface area (Å²) >= 11 is 0. The molecule has 0 N–H and O–H groups in total. The van der Waals surface area contributed by atoms with Gasteiger partial charge in [0.1, 0.15) is 0 Å². The number of carbonyl (C=O) groups is 1. The van der Waals surface area contributed by atoms with Gasteiger partial charge in [-0.2, -0.15) is 0 Å². The number of carbonyl (C=O) groups excluding carboxylic acids is 1. The summed E-state index contributed by atoms with van der Waals surface area (Å²) in [6.45, 7) is 10.2. The summed E-state index contributed by atoms with van der Waals surface area (Å²) in [7, 11) is 0. The lowest BCUT2D eigenvalue weighted by Gasteiger charge is -2.38. The average Bonchev–Trinajstić information content (AvgIpc) is 2.26. The first-order chi connectivity index (χ1) is 7.88. The van der Waals surface area contributed by atoms with Crippen LogP contribution in [0.4, 0.5) is 0 Å². The quantitative estimate of drug-likeness (QED) is 0.697. The van der Waals surface area contributed by atoms with Gasteiger partial charge in [-0.15, -0.1) is 0 Å². The smallest absolute Gasteiger partial charge is 0.161 e. The number of ketones is 1. The summed E-state index contributed by atoms with van der Waals surface area (Å²) in [6, 6.07) is 2.00. The molecule has 0 amide bonds. The Kier molecular flexibility index (Phi) is 3.04. The molecule has 2 rings (SSSR count). The van der Waals surface area contributed by atoms with Crippen molar-refractivity contribution >= 4 is 5.78 Å². The molecule has 0 radical (unpaired) electrons. The Morgan fingerprint density at radius 2 is 2.12 bits per heavy atom. The zero-order valence-corrected chi connectivity index (χ0v) is 11.1. The van der Waals surface area contributed by atoms with E-state index in [1.54, 1.807) is 13.1 Å². The SMILES string of the molecule is CC(=O)c1cnc2c(c1)CCN(C(C)(C)C)C2. The van der Waals surface area contributed by atoms with Crippen LogP contribution >= 0.6 is 0 Å². The van der Waals surface area contributed by atoms with Crippen molar-refractivity contribution in [3.05, 3.63) is 29.1 Å². The summed E-state index contributed by atoms with van der Waals surface area (Å²) < 4.78 is 0. The average molecular weight is 232 g/mol. The maximum absolute atomic E-state index is 11.3. The lowest BCUT2D eigenvalue weighted by molar-refractivity contribution is 0.101. The van der Waals surface area contributed by atoms with E-state index >= 15 is 0 Å². The van der Waals surface area contributed by atoms with Crippen molar-refractivity contribution in [1.29, 1.82) is 0 Å². The molecule has 0 atom stereocenters. The van der Waals surface area contributed by atoms with Crippen molar-refractivity contribution in [3.63, 3.8) is 0 Å². The van der Waals surface area contributed by atoms with Gasteiger partial charge >= 0.3 is 0 Å². The fraction of sp³-hybridized carbons (Fsp3) is 0.571. The van der Waals surface area contributed by atoms with Crippen LogP contribution in [0.25, 0.3) is 0 Å². The minimum absolute atomic E-state index is 0.0959. The highest BCUT2D eigenvalue weighted by Gasteiger charge is 2.26. The van der Waals surface area contributed by atoms with E-state index in [9.17, 15) is 4.79 Å². The third kappa shape index (κ3) is 2.55. The van der Waals surface area contributed by atoms with Crippen LogP contribution in [-0.2, 0) is 13.0 Å². The zero-order valence-electron chi connectivity index (χ0n) is 11.1. The number of fused-ring (bicyclic) bond motifs is 1. The van der Waals surface area contributed by atoms with Gasteiger partial charge in [0.15, 0.2) is 5.78 Å². The monoisotopic (exact) mass is 232 g/mol. The van der Waals surface area contributed by atoms with Crippen LogP contribution in [0, 0.1) is 0 Å². The minimum atomic E-state index is 0.0959. The van der Waals surface area contributed by atoms with Crippen molar-refractivity contribution < 1.29 is 4.79 Å². The number of Topliss-reactive ketones (excluding diaryl/α,β-unsaturated/α-hetero) is 1. The van der Waals surface area contributed by atoms with Gasteiger partial charge in [0.2, 0.25) is 0 Å². The Morgan fingerprint density at radius 1 is 1.41 bits per heavy atom. The first-order valence-electron chi connectivity index (χ1n) is 6.12. The zero-order chi connectivity index (χ0) is 12.6. The molecule has 2 heterocycles. The fourth-order valence-corrected chi connectivity index (χ4v) is 2.18. The van der Waals surface area contributed by atoms with Gasteiger partial charge in [-0.1, -0.05) is 0 Å². The van der Waals surface area contributed by atoms with Crippen LogP contribution in [0.15, 0.2) is 12.3 Å². The second kappa shape index (κ2) is 4.22. The molecule has 92 valence electrons. The largest absolute Gasteiger partial charge is 0.294 e. The van der Waals surface area contributed by atoms with Crippen molar-refractivity contribution in [2.75, 3.05) is 6.54 Å². The molecule has 1 aromatic heterocycles. The number of aromatic nitrogens is 1. The van der Waals surface area contributed by atoms with Crippen LogP contribution in [0.2, 0.25) is 0 Å². The highest BCUT2D eigenvalue weighted by atomic mass is 16.1. The van der Waals surface area contributed by atoms with E-state index in [1.807, 2.05) is 6.07 Å². The maximum atomic E-state index is 11.3. The van der Waals surface area contributed by atoms with Crippen LogP contribution in [0.5, 0.6) is 0 Å². The standard InChI is InChI=1S/C14H20N2O/c1-10(17)12-7-11-5-6-16(14(2,3)4)9-13(11)15-8-12/h7-8H,5-6,9H2,1-4H3. The Hall–Kier alpha value is -1.22. The van der Waals surface area contributed by atoms with E-state index < -0.39 is 0 Å². The summed E-state index contributed by atoms with van der Waals surface area (Å²) in [5.74, 6) is 0.0959. The van der Waals surface area contributed by atoms with Gasteiger partial charge in [0.25, 0.3) is 0 Å². The van der Waals surface area contributed by atoms with Gasteiger partial charge in [-0.05, 0) is 45.7 Å². The molecular weight excluding hydrogens is 212 g/mol. The van der Waals surface area contributed by atoms with Gasteiger partial charge in [0, 0.05) is 30.4 Å². The van der Waals surface area contributed by atoms with E-state index in [1.165, 1.54) is 5.56 Å². The molecule has 0 bridgehead atoms. The highest BCUT2D eigenvalue weighted by molar-refractivity contribution is 5.93. The Morgan fingerprint density at radius 3 is 2.71 bits per heavy atom. The van der Waals surface area contributed by atoms with Crippen LogP contribution in [0.3, 0.4) is 0 Å². The maximum Gasteiger partial charge on any atom is 0.161 e. The third-order valence-corrected chi connectivity index (χ3v) is 3.41. The minimum Gasteiger partial charge on any atom is -0.294 e. The number of pyridine rings is 1. The molecule has 17 heavy (non-hydrogen) atoms. The Labute approximate surface area is 103 Å². The molecular formula is C14H20N2O. The van der Waals surface area contributed by atoms with E-state index in [2.05, 4.69) is 30.7 Å².